The summed E-state index contributed by atoms with van der Waals surface area (Å²) in [6.07, 6.45) is 2.46. The van der Waals surface area contributed by atoms with E-state index in [1.807, 2.05) is 12.1 Å². The zero-order chi connectivity index (χ0) is 10.7. The minimum atomic E-state index is 0.479. The average molecular weight is 226 g/mol. The third-order valence-electron chi connectivity index (χ3n) is 2.84. The van der Waals surface area contributed by atoms with Crippen molar-refractivity contribution in [3.8, 4) is 0 Å². The summed E-state index contributed by atoms with van der Waals surface area (Å²) in [5.74, 6) is 0. The molecule has 0 aromatic heterocycles. The Morgan fingerprint density at radius 3 is 3.07 bits per heavy atom. The number of ether oxygens (including phenoxy) is 1. The van der Waals surface area contributed by atoms with Gasteiger partial charge in [-0.3, -0.25) is 0 Å². The van der Waals surface area contributed by atoms with Crippen molar-refractivity contribution in [1.82, 2.24) is 5.32 Å². The van der Waals surface area contributed by atoms with Crippen molar-refractivity contribution in [1.29, 1.82) is 0 Å². The molecule has 2 rings (SSSR count). The molecule has 1 heterocycles. The number of hydrogen-bond acceptors (Lipinski definition) is 2. The van der Waals surface area contributed by atoms with E-state index in [1.54, 1.807) is 7.11 Å². The van der Waals surface area contributed by atoms with Gasteiger partial charge in [0.25, 0.3) is 0 Å². The van der Waals surface area contributed by atoms with Gasteiger partial charge in [-0.2, -0.15) is 0 Å². The Hall–Kier alpha value is -0.570. The molecule has 1 unspecified atom stereocenters. The van der Waals surface area contributed by atoms with E-state index in [0.717, 1.165) is 11.6 Å². The van der Waals surface area contributed by atoms with Gasteiger partial charge in [-0.25, -0.2) is 0 Å². The molecule has 0 saturated carbocycles. The molecule has 0 radical (unpaired) electrons. The molecule has 1 atom stereocenters. The zero-order valence-corrected chi connectivity index (χ0v) is 9.68. The fourth-order valence-electron chi connectivity index (χ4n) is 2.14. The van der Waals surface area contributed by atoms with E-state index in [2.05, 4.69) is 11.4 Å². The van der Waals surface area contributed by atoms with E-state index < -0.39 is 0 Å². The summed E-state index contributed by atoms with van der Waals surface area (Å²) in [4.78, 5) is 0. The third-order valence-corrected chi connectivity index (χ3v) is 3.08. The van der Waals surface area contributed by atoms with E-state index >= 15 is 0 Å². The second-order valence-electron chi connectivity index (χ2n) is 3.93. The standard InChI is InChI=1S/C12H16ClNO/c1-15-8-9-7-10(13)4-5-11(9)12-3-2-6-14-12/h4-5,7,12,14H,2-3,6,8H2,1H3. The van der Waals surface area contributed by atoms with Crippen LogP contribution in [0, 0.1) is 0 Å². The van der Waals surface area contributed by atoms with Crippen molar-refractivity contribution in [2.24, 2.45) is 0 Å². The van der Waals surface area contributed by atoms with E-state index in [4.69, 9.17) is 16.3 Å². The normalized spacial score (nSPS) is 20.8. The van der Waals surface area contributed by atoms with Crippen molar-refractivity contribution < 1.29 is 4.74 Å². The minimum absolute atomic E-state index is 0.479. The number of benzene rings is 1. The number of nitrogens with one attached hydrogen (secondary N) is 1. The molecule has 15 heavy (non-hydrogen) atoms. The van der Waals surface area contributed by atoms with Gasteiger partial charge in [-0.1, -0.05) is 17.7 Å². The van der Waals surface area contributed by atoms with Crippen molar-refractivity contribution in [2.45, 2.75) is 25.5 Å². The lowest BCUT2D eigenvalue weighted by Gasteiger charge is -2.15. The fraction of sp³-hybridized carbons (Fsp3) is 0.500. The van der Waals surface area contributed by atoms with E-state index in [1.165, 1.54) is 24.0 Å². The lowest BCUT2D eigenvalue weighted by Crippen LogP contribution is -2.14. The largest absolute Gasteiger partial charge is 0.380 e. The van der Waals surface area contributed by atoms with Crippen LogP contribution in [-0.2, 0) is 11.3 Å². The summed E-state index contributed by atoms with van der Waals surface area (Å²) in [6.45, 7) is 1.74. The summed E-state index contributed by atoms with van der Waals surface area (Å²) < 4.78 is 5.20. The van der Waals surface area contributed by atoms with Gasteiger partial charge in [-0.05, 0) is 42.6 Å². The van der Waals surface area contributed by atoms with Gasteiger partial charge in [-0.15, -0.1) is 0 Å². The van der Waals surface area contributed by atoms with Crippen LogP contribution in [0.25, 0.3) is 0 Å². The average Bonchev–Trinajstić information content (AvgIpc) is 2.71. The highest BCUT2D eigenvalue weighted by atomic mass is 35.5. The number of methoxy groups -OCH3 is 1. The fourth-order valence-corrected chi connectivity index (χ4v) is 2.34. The maximum atomic E-state index is 5.98. The highest BCUT2D eigenvalue weighted by molar-refractivity contribution is 6.30. The van der Waals surface area contributed by atoms with Crippen LogP contribution in [0.3, 0.4) is 0 Å². The first-order valence-corrected chi connectivity index (χ1v) is 5.69. The van der Waals surface area contributed by atoms with Crippen LogP contribution in [0.5, 0.6) is 0 Å². The van der Waals surface area contributed by atoms with Crippen molar-refractivity contribution in [3.05, 3.63) is 34.3 Å². The highest BCUT2D eigenvalue weighted by Gasteiger charge is 2.18. The molecule has 0 amide bonds. The van der Waals surface area contributed by atoms with E-state index in [-0.39, 0.29) is 0 Å². The Kier molecular flexibility index (Phi) is 3.62. The first kappa shape index (κ1) is 10.9. The Balaban J connectivity index is 2.27. The van der Waals surface area contributed by atoms with Gasteiger partial charge >= 0.3 is 0 Å². The van der Waals surface area contributed by atoms with Crippen molar-refractivity contribution >= 4 is 11.6 Å². The minimum Gasteiger partial charge on any atom is -0.380 e. The van der Waals surface area contributed by atoms with Crippen LogP contribution >= 0.6 is 11.6 Å². The Bertz CT molecular complexity index is 334. The van der Waals surface area contributed by atoms with Crippen molar-refractivity contribution in [3.63, 3.8) is 0 Å². The van der Waals surface area contributed by atoms with Crippen LogP contribution < -0.4 is 5.32 Å². The smallest absolute Gasteiger partial charge is 0.0716 e. The summed E-state index contributed by atoms with van der Waals surface area (Å²) in [7, 11) is 1.72. The number of halogens is 1. The van der Waals surface area contributed by atoms with Gasteiger partial charge in [0.15, 0.2) is 0 Å². The molecule has 0 spiro atoms. The monoisotopic (exact) mass is 225 g/mol. The van der Waals surface area contributed by atoms with E-state index in [9.17, 15) is 0 Å². The molecule has 82 valence electrons. The third kappa shape index (κ3) is 2.51. The number of rotatable bonds is 3. The second-order valence-corrected chi connectivity index (χ2v) is 4.36. The van der Waals surface area contributed by atoms with Crippen molar-refractivity contribution in [2.75, 3.05) is 13.7 Å². The molecule has 1 fully saturated rings. The van der Waals surface area contributed by atoms with Crippen LogP contribution in [0.1, 0.15) is 30.0 Å². The molecule has 0 aliphatic carbocycles. The van der Waals surface area contributed by atoms with Gasteiger partial charge in [0.2, 0.25) is 0 Å². The lowest BCUT2D eigenvalue weighted by atomic mass is 9.99. The molecule has 1 aliphatic heterocycles. The van der Waals surface area contributed by atoms with E-state index in [0.29, 0.717) is 12.6 Å². The van der Waals surface area contributed by atoms with Gasteiger partial charge in [0.1, 0.15) is 0 Å². The maximum absolute atomic E-state index is 5.98. The molecule has 1 N–H and O–H groups in total. The molecule has 2 nitrogen and oxygen atoms in total. The molecule has 1 aromatic rings. The lowest BCUT2D eigenvalue weighted by molar-refractivity contribution is 0.183. The first-order chi connectivity index (χ1) is 7.31. The van der Waals surface area contributed by atoms with Crippen LogP contribution in [0.4, 0.5) is 0 Å². The van der Waals surface area contributed by atoms with Crippen LogP contribution in [0.15, 0.2) is 18.2 Å². The highest BCUT2D eigenvalue weighted by Crippen LogP contribution is 2.28. The predicted octanol–water partition coefficient (Wildman–Crippen LogP) is 2.91. The second kappa shape index (κ2) is 4.97. The Morgan fingerprint density at radius 2 is 2.40 bits per heavy atom. The van der Waals surface area contributed by atoms with Crippen LogP contribution in [-0.4, -0.2) is 13.7 Å². The molecule has 1 aromatic carbocycles. The first-order valence-electron chi connectivity index (χ1n) is 5.32. The quantitative estimate of drug-likeness (QED) is 0.854. The molecule has 1 aliphatic rings. The predicted molar refractivity (Wildman–Crippen MR) is 62.1 cm³/mol. The Morgan fingerprint density at radius 1 is 1.53 bits per heavy atom. The molecular weight excluding hydrogens is 210 g/mol. The zero-order valence-electron chi connectivity index (χ0n) is 8.92. The number of hydrogen-bond donors (Lipinski definition) is 1. The Labute approximate surface area is 95.6 Å². The topological polar surface area (TPSA) is 21.3 Å². The molecule has 0 bridgehead atoms. The summed E-state index contributed by atoms with van der Waals surface area (Å²) in [5.41, 5.74) is 2.53. The summed E-state index contributed by atoms with van der Waals surface area (Å²) in [6, 6.07) is 6.54. The SMILES string of the molecule is COCc1cc(Cl)ccc1C1CCCN1. The van der Waals surface area contributed by atoms with Gasteiger partial charge < -0.3 is 10.1 Å². The van der Waals surface area contributed by atoms with Crippen LogP contribution in [0.2, 0.25) is 5.02 Å². The molecule has 3 heteroatoms. The maximum Gasteiger partial charge on any atom is 0.0716 e. The molecular formula is C12H16ClNO. The summed E-state index contributed by atoms with van der Waals surface area (Å²) in [5, 5.41) is 4.27. The molecule has 1 saturated heterocycles. The van der Waals surface area contributed by atoms with Gasteiger partial charge in [0, 0.05) is 18.2 Å². The summed E-state index contributed by atoms with van der Waals surface area (Å²) >= 11 is 5.98. The van der Waals surface area contributed by atoms with Gasteiger partial charge in [0.05, 0.1) is 6.61 Å².